The number of carbonyl (C=O) groups is 1. The summed E-state index contributed by atoms with van der Waals surface area (Å²) in [6, 6.07) is 8.45. The fourth-order valence-electron chi connectivity index (χ4n) is 4.02. The number of piperidine rings is 1. The molecule has 0 bridgehead atoms. The van der Waals surface area contributed by atoms with Gasteiger partial charge >= 0.3 is 18.4 Å². The lowest BCUT2D eigenvalue weighted by Crippen LogP contribution is -2.42. The standard InChI is InChI=1S/C25H24F6N6O4S/c1-15(38)16-5-7-20(8-6-16)42(39,40)37-11-9-18(10-12-37)32-21-34-22(36-23(35-21)41-14-24(26,27)28)33-19-4-2-3-17(13-19)25(29,30)31/h2-8,13,18H,9-12,14H2,1H3,(H2,32,33,34,35,36). The van der Waals surface area contributed by atoms with Gasteiger partial charge in [-0.05, 0) is 50.1 Å². The summed E-state index contributed by atoms with van der Waals surface area (Å²) in [6.07, 6.45) is -8.80. The molecule has 2 heterocycles. The molecule has 1 fully saturated rings. The van der Waals surface area contributed by atoms with Crippen molar-refractivity contribution in [3.8, 4) is 6.01 Å². The average Bonchev–Trinajstić information content (AvgIpc) is 2.91. The summed E-state index contributed by atoms with van der Waals surface area (Å²) in [7, 11) is -3.85. The van der Waals surface area contributed by atoms with Gasteiger partial charge in [0.25, 0.3) is 0 Å². The summed E-state index contributed by atoms with van der Waals surface area (Å²) in [6.45, 7) is -0.175. The molecule has 0 aliphatic carbocycles. The predicted molar refractivity (Wildman–Crippen MR) is 138 cm³/mol. The lowest BCUT2D eigenvalue weighted by molar-refractivity contribution is -0.154. The Hall–Kier alpha value is -3.99. The van der Waals surface area contributed by atoms with Gasteiger partial charge in [-0.2, -0.15) is 45.6 Å². The molecule has 0 radical (unpaired) electrons. The Labute approximate surface area is 236 Å². The molecule has 2 N–H and O–H groups in total. The number of nitrogens with one attached hydrogen (secondary N) is 2. The Kier molecular flexibility index (Phi) is 8.91. The van der Waals surface area contributed by atoms with Crippen LogP contribution in [0.4, 0.5) is 43.9 Å². The van der Waals surface area contributed by atoms with E-state index in [0.717, 1.165) is 18.2 Å². The van der Waals surface area contributed by atoms with Crippen molar-refractivity contribution in [1.82, 2.24) is 19.3 Å². The van der Waals surface area contributed by atoms with Crippen LogP contribution in [0.5, 0.6) is 6.01 Å². The lowest BCUT2D eigenvalue weighted by atomic mass is 10.1. The highest BCUT2D eigenvalue weighted by Crippen LogP contribution is 2.31. The highest BCUT2D eigenvalue weighted by Gasteiger charge is 2.32. The maximum atomic E-state index is 13.1. The van der Waals surface area contributed by atoms with Crippen molar-refractivity contribution in [2.24, 2.45) is 0 Å². The Morgan fingerprint density at radius 3 is 2.21 bits per heavy atom. The van der Waals surface area contributed by atoms with Crippen LogP contribution in [0.2, 0.25) is 0 Å². The molecule has 0 atom stereocenters. The summed E-state index contributed by atoms with van der Waals surface area (Å²) in [4.78, 5) is 23.1. The molecule has 4 rings (SSSR count). The first kappa shape index (κ1) is 31.0. The highest BCUT2D eigenvalue weighted by atomic mass is 32.2. The second-order valence-electron chi connectivity index (χ2n) is 9.28. The monoisotopic (exact) mass is 618 g/mol. The predicted octanol–water partition coefficient (Wildman–Crippen LogP) is 5.04. The topological polar surface area (TPSA) is 126 Å². The first-order valence-corrected chi connectivity index (χ1v) is 13.8. The Morgan fingerprint density at radius 1 is 0.976 bits per heavy atom. The van der Waals surface area contributed by atoms with E-state index in [9.17, 15) is 39.6 Å². The molecule has 1 saturated heterocycles. The van der Waals surface area contributed by atoms with Gasteiger partial charge in [-0.25, -0.2) is 8.42 Å². The summed E-state index contributed by atoms with van der Waals surface area (Å²) >= 11 is 0. The van der Waals surface area contributed by atoms with E-state index in [4.69, 9.17) is 0 Å². The van der Waals surface area contributed by atoms with Crippen LogP contribution < -0.4 is 15.4 Å². The zero-order valence-corrected chi connectivity index (χ0v) is 22.6. The molecule has 0 amide bonds. The number of ether oxygens (including phenoxy) is 1. The molecule has 0 unspecified atom stereocenters. The highest BCUT2D eigenvalue weighted by molar-refractivity contribution is 7.89. The number of alkyl halides is 6. The van der Waals surface area contributed by atoms with Crippen LogP contribution in [0.25, 0.3) is 0 Å². The number of Topliss-reactive ketones (excluding diaryl/α,β-unsaturated/α-hetero) is 1. The van der Waals surface area contributed by atoms with Crippen LogP contribution in [0.1, 0.15) is 35.7 Å². The van der Waals surface area contributed by atoms with E-state index in [1.807, 2.05) is 0 Å². The lowest BCUT2D eigenvalue weighted by Gasteiger charge is -2.31. The number of halogens is 6. The minimum atomic E-state index is -4.71. The molecule has 17 heteroatoms. The second kappa shape index (κ2) is 12.1. The van der Waals surface area contributed by atoms with Gasteiger partial charge in [-0.1, -0.05) is 18.2 Å². The van der Waals surface area contributed by atoms with Crippen molar-refractivity contribution < 1.29 is 44.3 Å². The van der Waals surface area contributed by atoms with Crippen molar-refractivity contribution >= 4 is 33.4 Å². The molecule has 0 spiro atoms. The third kappa shape index (κ3) is 8.06. The van der Waals surface area contributed by atoms with Gasteiger partial charge in [0.05, 0.1) is 10.5 Å². The van der Waals surface area contributed by atoms with Crippen LogP contribution >= 0.6 is 0 Å². The molecular weight excluding hydrogens is 594 g/mol. The fourth-order valence-corrected chi connectivity index (χ4v) is 5.49. The Bertz CT molecular complexity index is 1530. The van der Waals surface area contributed by atoms with Crippen molar-refractivity contribution in [1.29, 1.82) is 0 Å². The maximum Gasteiger partial charge on any atom is 0.422 e. The van der Waals surface area contributed by atoms with Crippen molar-refractivity contribution in [2.45, 2.75) is 43.1 Å². The summed E-state index contributed by atoms with van der Waals surface area (Å²) in [5, 5.41) is 5.42. The fraction of sp³-hybridized carbons (Fsp3) is 0.360. The number of hydrogen-bond donors (Lipinski definition) is 2. The Balaban J connectivity index is 1.48. The van der Waals surface area contributed by atoms with E-state index < -0.39 is 46.6 Å². The summed E-state index contributed by atoms with van der Waals surface area (Å²) in [5.41, 5.74) is -0.682. The third-order valence-corrected chi connectivity index (χ3v) is 8.02. The first-order chi connectivity index (χ1) is 19.6. The molecule has 10 nitrogen and oxygen atoms in total. The van der Waals surface area contributed by atoms with E-state index in [-0.39, 0.29) is 54.2 Å². The van der Waals surface area contributed by atoms with Crippen molar-refractivity contribution in [3.63, 3.8) is 0 Å². The summed E-state index contributed by atoms with van der Waals surface area (Å²) < 4.78 is 109. The van der Waals surface area contributed by atoms with Crippen LogP contribution in [-0.4, -0.2) is 65.4 Å². The van der Waals surface area contributed by atoms with Gasteiger partial charge in [0.1, 0.15) is 0 Å². The van der Waals surface area contributed by atoms with E-state index in [0.29, 0.717) is 5.56 Å². The Morgan fingerprint density at radius 2 is 1.62 bits per heavy atom. The van der Waals surface area contributed by atoms with Gasteiger partial charge in [-0.15, -0.1) is 0 Å². The maximum absolute atomic E-state index is 13.1. The normalized spacial score (nSPS) is 15.3. The van der Waals surface area contributed by atoms with Gasteiger partial charge in [0, 0.05) is 30.4 Å². The number of nitrogens with zero attached hydrogens (tertiary/aromatic N) is 4. The average molecular weight is 619 g/mol. The molecule has 0 saturated carbocycles. The second-order valence-corrected chi connectivity index (χ2v) is 11.2. The van der Waals surface area contributed by atoms with E-state index in [1.165, 1.54) is 41.6 Å². The van der Waals surface area contributed by atoms with Crippen LogP contribution in [0.15, 0.2) is 53.4 Å². The molecule has 42 heavy (non-hydrogen) atoms. The number of ketones is 1. The number of carbonyl (C=O) groups excluding carboxylic acids is 1. The molecule has 226 valence electrons. The smallest absolute Gasteiger partial charge is 0.422 e. The minimum Gasteiger partial charge on any atom is -0.454 e. The number of aromatic nitrogens is 3. The number of sulfonamides is 1. The number of anilines is 3. The number of hydrogen-bond acceptors (Lipinski definition) is 9. The van der Waals surface area contributed by atoms with Crippen molar-refractivity contribution in [2.75, 3.05) is 30.3 Å². The SMILES string of the molecule is CC(=O)c1ccc(S(=O)(=O)N2CCC(Nc3nc(Nc4cccc(C(F)(F)F)c4)nc(OCC(F)(F)F)n3)CC2)cc1. The van der Waals surface area contributed by atoms with E-state index in [1.54, 1.807) is 0 Å². The van der Waals surface area contributed by atoms with Crippen LogP contribution in [0.3, 0.4) is 0 Å². The van der Waals surface area contributed by atoms with E-state index in [2.05, 4.69) is 30.3 Å². The van der Waals surface area contributed by atoms with Gasteiger partial charge in [-0.3, -0.25) is 4.79 Å². The molecule has 1 aliphatic heterocycles. The quantitative estimate of drug-likeness (QED) is 0.251. The molecular formula is C25H24F6N6O4S. The van der Waals surface area contributed by atoms with Gasteiger partial charge in [0.2, 0.25) is 21.9 Å². The minimum absolute atomic E-state index is 0.0214. The van der Waals surface area contributed by atoms with Gasteiger partial charge in [0.15, 0.2) is 12.4 Å². The molecule has 1 aliphatic rings. The third-order valence-electron chi connectivity index (χ3n) is 6.11. The zero-order valence-electron chi connectivity index (χ0n) is 21.8. The van der Waals surface area contributed by atoms with Crippen LogP contribution in [-0.2, 0) is 16.2 Å². The number of benzene rings is 2. The van der Waals surface area contributed by atoms with Crippen molar-refractivity contribution in [3.05, 3.63) is 59.7 Å². The summed E-state index contributed by atoms with van der Waals surface area (Å²) in [5.74, 6) is -0.805. The number of rotatable bonds is 9. The molecule has 3 aromatic rings. The molecule has 2 aromatic carbocycles. The largest absolute Gasteiger partial charge is 0.454 e. The zero-order chi connectivity index (χ0) is 30.7. The van der Waals surface area contributed by atoms with Gasteiger partial charge < -0.3 is 15.4 Å². The first-order valence-electron chi connectivity index (χ1n) is 12.4. The molecule has 1 aromatic heterocycles. The van der Waals surface area contributed by atoms with E-state index >= 15 is 0 Å². The van der Waals surface area contributed by atoms with Crippen LogP contribution in [0, 0.1) is 0 Å².